The summed E-state index contributed by atoms with van der Waals surface area (Å²) in [6.45, 7) is 4.59. The van der Waals surface area contributed by atoms with Gasteiger partial charge in [0.25, 0.3) is 0 Å². The van der Waals surface area contributed by atoms with E-state index in [2.05, 4.69) is 0 Å². The minimum absolute atomic E-state index is 0. The number of nitrogens with zero attached hydrogens (tertiary/aromatic N) is 1. The number of carboxylic acids is 1. The van der Waals surface area contributed by atoms with Crippen LogP contribution in [0.5, 0.6) is 0 Å². The van der Waals surface area contributed by atoms with Crippen molar-refractivity contribution >= 4 is 35.4 Å². The minimum Gasteiger partial charge on any atom is -0.548 e. The first-order chi connectivity index (χ1) is 12.1. The van der Waals surface area contributed by atoms with Crippen molar-refractivity contribution in [2.45, 2.75) is 43.0 Å². The number of hydrogen-bond acceptors (Lipinski definition) is 7. The van der Waals surface area contributed by atoms with Gasteiger partial charge in [-0.25, -0.2) is 0 Å². The maximum Gasteiger partial charge on any atom is 1.00 e. The van der Waals surface area contributed by atoms with Gasteiger partial charge in [-0.3, -0.25) is 14.4 Å². The van der Waals surface area contributed by atoms with Crippen LogP contribution in [-0.4, -0.2) is 50.8 Å². The van der Waals surface area contributed by atoms with Crippen molar-refractivity contribution in [2.24, 2.45) is 5.92 Å². The number of β-lactam (4-membered cyclic amide) rings is 1. The zero-order valence-corrected chi connectivity index (χ0v) is 19.4. The molecule has 1 aromatic rings. The maximum absolute atomic E-state index is 12.8. The Hall–Kier alpha value is -0.714. The van der Waals surface area contributed by atoms with Crippen molar-refractivity contribution < 1.29 is 80.4 Å². The Morgan fingerprint density at radius 2 is 1.81 bits per heavy atom. The number of amides is 1. The van der Waals surface area contributed by atoms with Crippen LogP contribution < -0.4 is 56.5 Å². The van der Waals surface area contributed by atoms with Crippen molar-refractivity contribution in [3.05, 3.63) is 35.9 Å². The van der Waals surface area contributed by atoms with Gasteiger partial charge >= 0.3 is 57.4 Å². The predicted octanol–water partition coefficient (Wildman–Crippen LogP) is -2.77. The first kappa shape index (κ1) is 22.6. The molecule has 138 valence electrons. The van der Waals surface area contributed by atoms with Gasteiger partial charge in [0, 0.05) is 17.2 Å². The zero-order chi connectivity index (χ0) is 19.2. The van der Waals surface area contributed by atoms with Crippen LogP contribution >= 0.6 is 11.8 Å². The molecule has 0 unspecified atom stereocenters. The Morgan fingerprint density at radius 1 is 1.22 bits per heavy atom. The Balaban J connectivity index is 0.00000261. The van der Waals surface area contributed by atoms with Crippen LogP contribution in [0.15, 0.2) is 30.3 Å². The third-order valence-electron chi connectivity index (χ3n) is 4.64. The molecule has 0 saturated carbocycles. The van der Waals surface area contributed by atoms with Gasteiger partial charge < -0.3 is 19.5 Å². The number of hydrogen-bond donors (Lipinski definition) is 0. The monoisotopic (exact) mass is 415 g/mol. The second-order valence-electron chi connectivity index (χ2n) is 6.87. The van der Waals surface area contributed by atoms with Crippen LogP contribution in [0.4, 0.5) is 0 Å². The Kier molecular flexibility index (Phi) is 6.97. The molecule has 2 saturated heterocycles. The van der Waals surface area contributed by atoms with Crippen LogP contribution in [0.1, 0.15) is 31.1 Å². The van der Waals surface area contributed by atoms with Crippen molar-refractivity contribution in [1.29, 1.82) is 0 Å². The molecule has 4 atom stereocenters. The molecule has 0 aliphatic carbocycles. The van der Waals surface area contributed by atoms with Crippen molar-refractivity contribution in [3.8, 4) is 0 Å². The smallest absolute Gasteiger partial charge is 0.548 e. The molecular weight excluding hydrogens is 397 g/mol. The van der Waals surface area contributed by atoms with E-state index in [0.717, 1.165) is 0 Å². The van der Waals surface area contributed by atoms with Crippen molar-refractivity contribution in [3.63, 3.8) is 0 Å². The summed E-state index contributed by atoms with van der Waals surface area (Å²) in [6, 6.07) is 7.16. The predicted molar refractivity (Wildman–Crippen MR) is 90.9 cm³/mol. The van der Waals surface area contributed by atoms with Crippen LogP contribution in [-0.2, 0) is 19.1 Å². The molecule has 2 heterocycles. The number of aliphatic carboxylic acids is 1. The molecule has 0 N–H and O–H groups in total. The normalized spacial score (nSPS) is 26.3. The number of carbonyl (C=O) groups excluding carboxylic acids is 4. The van der Waals surface area contributed by atoms with Crippen LogP contribution in [0.2, 0.25) is 0 Å². The SMILES string of the molecule is CC(=O)O[C@H](C(=O)c1ccccc1)[C@@H]1C(=O)N2[C@@H]1SC(C)(C)[C@@H]2C(=O)[O-].[K+]. The summed E-state index contributed by atoms with van der Waals surface area (Å²) in [5, 5.41) is 10.9. The van der Waals surface area contributed by atoms with Gasteiger partial charge in [0.2, 0.25) is 11.7 Å². The molecule has 9 heteroatoms. The summed E-state index contributed by atoms with van der Waals surface area (Å²) in [4.78, 5) is 49.8. The molecule has 27 heavy (non-hydrogen) atoms. The summed E-state index contributed by atoms with van der Waals surface area (Å²) in [6.07, 6.45) is -1.28. The number of fused-ring (bicyclic) bond motifs is 1. The number of carboxylic acid groups (broad SMARTS) is 1. The standard InChI is InChI=1S/C18H19NO6S.K/c1-9(20)25-13(12(21)10-7-5-4-6-8-10)11-15(22)19-14(17(23)24)18(2,3)26-16(11)19;/h4-8,11,13-14,16H,1-3H3,(H,23,24);/q;+1/p-1/t11-,13+,14+,16-;/m1./s1. The zero-order valence-electron chi connectivity index (χ0n) is 15.5. The summed E-state index contributed by atoms with van der Waals surface area (Å²) in [7, 11) is 0. The molecule has 2 aliphatic rings. The fourth-order valence-electron chi connectivity index (χ4n) is 3.54. The number of rotatable bonds is 5. The molecule has 0 spiro atoms. The maximum atomic E-state index is 12.8. The molecule has 7 nitrogen and oxygen atoms in total. The molecule has 0 aromatic heterocycles. The Labute approximate surface area is 203 Å². The largest absolute Gasteiger partial charge is 1.00 e. The summed E-state index contributed by atoms with van der Waals surface area (Å²) < 4.78 is 4.43. The molecular formula is C18H18KNO6S. The van der Waals surface area contributed by atoms with Gasteiger partial charge in [0.15, 0.2) is 6.10 Å². The number of Topliss-reactive ketones (excluding diaryl/α,β-unsaturated/α-hetero) is 1. The van der Waals surface area contributed by atoms with E-state index in [-0.39, 0.29) is 51.4 Å². The molecule has 2 fully saturated rings. The number of thioether (sulfide) groups is 1. The van der Waals surface area contributed by atoms with E-state index < -0.39 is 51.8 Å². The first-order valence-corrected chi connectivity index (χ1v) is 9.00. The quantitative estimate of drug-likeness (QED) is 0.222. The average Bonchev–Trinajstić information content (AvgIpc) is 2.82. The second-order valence-corrected chi connectivity index (χ2v) is 8.64. The molecule has 2 aliphatic heterocycles. The third kappa shape index (κ3) is 4.04. The molecule has 0 bridgehead atoms. The molecule has 3 rings (SSSR count). The van der Waals surface area contributed by atoms with E-state index in [9.17, 15) is 24.3 Å². The Bertz CT molecular complexity index is 783. The number of ketones is 1. The molecule has 0 radical (unpaired) electrons. The number of ether oxygens (including phenoxy) is 1. The van der Waals surface area contributed by atoms with Gasteiger partial charge in [0.1, 0.15) is 5.92 Å². The first-order valence-electron chi connectivity index (χ1n) is 8.12. The van der Waals surface area contributed by atoms with Crippen LogP contribution in [0.25, 0.3) is 0 Å². The van der Waals surface area contributed by atoms with Crippen molar-refractivity contribution in [1.82, 2.24) is 4.90 Å². The van der Waals surface area contributed by atoms with E-state index >= 15 is 0 Å². The summed E-state index contributed by atoms with van der Waals surface area (Å²) in [5.41, 5.74) is 0.323. The van der Waals surface area contributed by atoms with Gasteiger partial charge in [-0.2, -0.15) is 0 Å². The van der Waals surface area contributed by atoms with E-state index in [1.54, 1.807) is 44.2 Å². The van der Waals surface area contributed by atoms with E-state index in [4.69, 9.17) is 4.74 Å². The summed E-state index contributed by atoms with van der Waals surface area (Å²) in [5.74, 6) is -3.92. The van der Waals surface area contributed by atoms with E-state index in [0.29, 0.717) is 5.56 Å². The number of esters is 1. The Morgan fingerprint density at radius 3 is 2.33 bits per heavy atom. The summed E-state index contributed by atoms with van der Waals surface area (Å²) >= 11 is 1.27. The van der Waals surface area contributed by atoms with Gasteiger partial charge in [0.05, 0.1) is 17.4 Å². The number of benzene rings is 1. The van der Waals surface area contributed by atoms with E-state index in [1.165, 1.54) is 23.6 Å². The molecule has 1 aromatic carbocycles. The fraction of sp³-hybridized carbons (Fsp3) is 0.444. The van der Waals surface area contributed by atoms with Crippen molar-refractivity contribution in [2.75, 3.05) is 0 Å². The van der Waals surface area contributed by atoms with Crippen LogP contribution in [0.3, 0.4) is 0 Å². The molecule has 1 amide bonds. The van der Waals surface area contributed by atoms with Crippen LogP contribution in [0, 0.1) is 5.92 Å². The average molecular weight is 416 g/mol. The van der Waals surface area contributed by atoms with Gasteiger partial charge in [-0.1, -0.05) is 30.3 Å². The van der Waals surface area contributed by atoms with E-state index in [1.807, 2.05) is 0 Å². The van der Waals surface area contributed by atoms with Gasteiger partial charge in [-0.15, -0.1) is 11.8 Å². The fourth-order valence-corrected chi connectivity index (χ4v) is 5.24. The second kappa shape index (κ2) is 8.34. The number of carbonyl (C=O) groups is 4. The van der Waals surface area contributed by atoms with Gasteiger partial charge in [-0.05, 0) is 13.8 Å². The minimum atomic E-state index is -1.34. The third-order valence-corrected chi connectivity index (χ3v) is 6.23. The topological polar surface area (TPSA) is 104 Å².